The van der Waals surface area contributed by atoms with Crippen LogP contribution in [0.25, 0.3) is 11.3 Å². The number of benzene rings is 1. The van der Waals surface area contributed by atoms with Gasteiger partial charge in [-0.15, -0.1) is 0 Å². The number of hydrogen-bond donors (Lipinski definition) is 2. The van der Waals surface area contributed by atoms with Crippen LogP contribution in [0.1, 0.15) is 12.8 Å². The van der Waals surface area contributed by atoms with Crippen molar-refractivity contribution in [2.24, 2.45) is 0 Å². The van der Waals surface area contributed by atoms with Crippen LogP contribution < -0.4 is 10.1 Å². The number of rotatable bonds is 7. The van der Waals surface area contributed by atoms with Crippen molar-refractivity contribution in [3.8, 4) is 17.0 Å². The molecule has 24 heavy (non-hydrogen) atoms. The number of pyridine rings is 1. The van der Waals surface area contributed by atoms with Crippen LogP contribution in [0, 0.1) is 0 Å². The zero-order chi connectivity index (χ0) is 16.6. The molecule has 0 aliphatic rings. The maximum atomic E-state index is 11.9. The van der Waals surface area contributed by atoms with Gasteiger partial charge in [0.1, 0.15) is 5.75 Å². The van der Waals surface area contributed by atoms with Crippen molar-refractivity contribution in [3.05, 3.63) is 61.1 Å². The van der Waals surface area contributed by atoms with Gasteiger partial charge in [-0.3, -0.25) is 14.9 Å². The van der Waals surface area contributed by atoms with Gasteiger partial charge >= 0.3 is 0 Å². The van der Waals surface area contributed by atoms with Crippen LogP contribution in [0.15, 0.2) is 61.1 Å². The van der Waals surface area contributed by atoms with Crippen LogP contribution in [-0.4, -0.2) is 27.7 Å². The molecule has 2 N–H and O–H groups in total. The third-order valence-corrected chi connectivity index (χ3v) is 3.43. The van der Waals surface area contributed by atoms with Crippen LogP contribution in [0.3, 0.4) is 0 Å². The Labute approximate surface area is 139 Å². The standard InChI is InChI=1S/C18H18N4O2/c23-18(4-2-12-24-16-3-1-10-19-13-16)21-15-7-5-14(6-8-15)17-9-11-20-22-17/h1,3,5-11,13H,2,4,12H2,(H,20,22)(H,21,23). The first-order chi connectivity index (χ1) is 11.8. The minimum absolute atomic E-state index is 0.0286. The Morgan fingerprint density at radius 1 is 1.12 bits per heavy atom. The second kappa shape index (κ2) is 7.92. The van der Waals surface area contributed by atoms with E-state index >= 15 is 0 Å². The minimum Gasteiger partial charge on any atom is -0.492 e. The summed E-state index contributed by atoms with van der Waals surface area (Å²) in [6.07, 6.45) is 6.10. The molecule has 2 aromatic heterocycles. The molecule has 1 aromatic carbocycles. The fraction of sp³-hybridized carbons (Fsp3) is 0.167. The number of nitrogens with zero attached hydrogens (tertiary/aromatic N) is 2. The van der Waals surface area contributed by atoms with Crippen LogP contribution in [0.5, 0.6) is 5.75 Å². The monoisotopic (exact) mass is 322 g/mol. The van der Waals surface area contributed by atoms with Crippen molar-refractivity contribution in [2.75, 3.05) is 11.9 Å². The van der Waals surface area contributed by atoms with Crippen molar-refractivity contribution in [3.63, 3.8) is 0 Å². The molecule has 0 unspecified atom stereocenters. The van der Waals surface area contributed by atoms with Crippen LogP contribution in [0.2, 0.25) is 0 Å². The zero-order valence-corrected chi connectivity index (χ0v) is 13.1. The summed E-state index contributed by atoms with van der Waals surface area (Å²) in [4.78, 5) is 15.9. The molecule has 0 aliphatic heterocycles. The summed E-state index contributed by atoms with van der Waals surface area (Å²) in [6.45, 7) is 0.484. The summed E-state index contributed by atoms with van der Waals surface area (Å²) in [7, 11) is 0. The fourth-order valence-electron chi connectivity index (χ4n) is 2.23. The highest BCUT2D eigenvalue weighted by atomic mass is 16.5. The number of hydrogen-bond acceptors (Lipinski definition) is 4. The van der Waals surface area contributed by atoms with Crippen molar-refractivity contribution >= 4 is 11.6 Å². The minimum atomic E-state index is -0.0286. The highest BCUT2D eigenvalue weighted by molar-refractivity contribution is 5.90. The van der Waals surface area contributed by atoms with Crippen molar-refractivity contribution in [2.45, 2.75) is 12.8 Å². The van der Waals surface area contributed by atoms with E-state index in [1.54, 1.807) is 18.6 Å². The molecule has 122 valence electrons. The summed E-state index contributed by atoms with van der Waals surface area (Å²) in [6, 6.07) is 13.2. The van der Waals surface area contributed by atoms with E-state index in [1.807, 2.05) is 42.5 Å². The molecule has 2 heterocycles. The molecular formula is C18H18N4O2. The van der Waals surface area contributed by atoms with Gasteiger partial charge in [0.15, 0.2) is 0 Å². The molecule has 0 saturated carbocycles. The van der Waals surface area contributed by atoms with Gasteiger partial charge in [-0.05, 0) is 42.3 Å². The lowest BCUT2D eigenvalue weighted by Crippen LogP contribution is -2.12. The van der Waals surface area contributed by atoms with Crippen LogP contribution >= 0.6 is 0 Å². The van der Waals surface area contributed by atoms with Gasteiger partial charge in [-0.2, -0.15) is 5.10 Å². The summed E-state index contributed by atoms with van der Waals surface area (Å²) >= 11 is 0. The first-order valence-corrected chi connectivity index (χ1v) is 7.74. The molecule has 0 spiro atoms. The third kappa shape index (κ3) is 4.42. The number of H-pyrrole nitrogens is 1. The van der Waals surface area contributed by atoms with Crippen molar-refractivity contribution in [1.29, 1.82) is 0 Å². The maximum Gasteiger partial charge on any atom is 0.224 e. The average Bonchev–Trinajstić information content (AvgIpc) is 3.15. The third-order valence-electron chi connectivity index (χ3n) is 3.43. The Bertz CT molecular complexity index is 755. The highest BCUT2D eigenvalue weighted by Gasteiger charge is 2.04. The van der Waals surface area contributed by atoms with E-state index in [0.717, 1.165) is 16.9 Å². The molecule has 6 nitrogen and oxygen atoms in total. The van der Waals surface area contributed by atoms with E-state index in [4.69, 9.17) is 4.74 Å². The summed E-state index contributed by atoms with van der Waals surface area (Å²) in [5.74, 6) is 0.686. The van der Waals surface area contributed by atoms with E-state index in [0.29, 0.717) is 25.2 Å². The van der Waals surface area contributed by atoms with Gasteiger partial charge in [0.25, 0.3) is 0 Å². The first-order valence-electron chi connectivity index (χ1n) is 7.74. The molecule has 3 aromatic rings. The second-order valence-corrected chi connectivity index (χ2v) is 5.24. The predicted molar refractivity (Wildman–Crippen MR) is 91.6 cm³/mol. The number of carbonyl (C=O) groups is 1. The summed E-state index contributed by atoms with van der Waals surface area (Å²) in [5, 5.41) is 9.71. The second-order valence-electron chi connectivity index (χ2n) is 5.24. The molecule has 0 bridgehead atoms. The van der Waals surface area contributed by atoms with E-state index in [1.165, 1.54) is 0 Å². The van der Waals surface area contributed by atoms with Crippen LogP contribution in [0.4, 0.5) is 5.69 Å². The Morgan fingerprint density at radius 2 is 2.00 bits per heavy atom. The van der Waals surface area contributed by atoms with Gasteiger partial charge in [0.2, 0.25) is 5.91 Å². The molecule has 0 saturated heterocycles. The van der Waals surface area contributed by atoms with Gasteiger partial charge in [0.05, 0.1) is 18.5 Å². The summed E-state index contributed by atoms with van der Waals surface area (Å²) in [5.41, 5.74) is 2.74. The number of anilines is 1. The largest absolute Gasteiger partial charge is 0.492 e. The molecule has 6 heteroatoms. The molecular weight excluding hydrogens is 304 g/mol. The fourth-order valence-corrected chi connectivity index (χ4v) is 2.23. The topological polar surface area (TPSA) is 79.9 Å². The SMILES string of the molecule is O=C(CCCOc1cccnc1)Nc1ccc(-c2ccn[nH]2)cc1. The predicted octanol–water partition coefficient (Wildman–Crippen LogP) is 3.27. The Balaban J connectivity index is 1.42. The Hall–Kier alpha value is -3.15. The smallest absolute Gasteiger partial charge is 0.224 e. The molecule has 0 radical (unpaired) electrons. The number of amides is 1. The number of nitrogens with one attached hydrogen (secondary N) is 2. The molecule has 3 rings (SSSR count). The normalized spacial score (nSPS) is 10.3. The van der Waals surface area contributed by atoms with E-state index in [-0.39, 0.29) is 5.91 Å². The van der Waals surface area contributed by atoms with Gasteiger partial charge in [-0.25, -0.2) is 0 Å². The van der Waals surface area contributed by atoms with Gasteiger partial charge in [0, 0.05) is 24.5 Å². The van der Waals surface area contributed by atoms with Crippen molar-refractivity contribution in [1.82, 2.24) is 15.2 Å². The number of aromatic nitrogens is 3. The van der Waals surface area contributed by atoms with Gasteiger partial charge < -0.3 is 10.1 Å². The molecule has 0 fully saturated rings. The number of ether oxygens (including phenoxy) is 1. The number of aromatic amines is 1. The number of carbonyl (C=O) groups excluding carboxylic acids is 1. The van der Waals surface area contributed by atoms with Crippen LogP contribution in [-0.2, 0) is 4.79 Å². The highest BCUT2D eigenvalue weighted by Crippen LogP contribution is 2.19. The zero-order valence-electron chi connectivity index (χ0n) is 13.1. The van der Waals surface area contributed by atoms with E-state index in [2.05, 4.69) is 20.5 Å². The molecule has 0 atom stereocenters. The summed E-state index contributed by atoms with van der Waals surface area (Å²) < 4.78 is 5.51. The lowest BCUT2D eigenvalue weighted by Gasteiger charge is -2.07. The quantitative estimate of drug-likeness (QED) is 0.654. The lowest BCUT2D eigenvalue weighted by atomic mass is 10.1. The Morgan fingerprint density at radius 3 is 2.71 bits per heavy atom. The van der Waals surface area contributed by atoms with Gasteiger partial charge in [-0.1, -0.05) is 12.1 Å². The maximum absolute atomic E-state index is 11.9. The van der Waals surface area contributed by atoms with Crippen molar-refractivity contribution < 1.29 is 9.53 Å². The van der Waals surface area contributed by atoms with E-state index < -0.39 is 0 Å². The first kappa shape index (κ1) is 15.7. The van der Waals surface area contributed by atoms with E-state index in [9.17, 15) is 4.79 Å². The Kier molecular flexibility index (Phi) is 5.19. The lowest BCUT2D eigenvalue weighted by molar-refractivity contribution is -0.116. The average molecular weight is 322 g/mol. The molecule has 0 aliphatic carbocycles. The molecule has 1 amide bonds.